The van der Waals surface area contributed by atoms with Gasteiger partial charge in [-0.1, -0.05) is 35.0 Å². The molecule has 1 aliphatic rings. The predicted octanol–water partition coefficient (Wildman–Crippen LogP) is 4.97. The predicted molar refractivity (Wildman–Crippen MR) is 107 cm³/mol. The fraction of sp³-hybridized carbons (Fsp3) is 0.250. The highest BCUT2D eigenvalue weighted by atomic mass is 79.9. The quantitative estimate of drug-likeness (QED) is 0.576. The second-order valence-corrected chi connectivity index (χ2v) is 7.30. The molecule has 144 valence electrons. The van der Waals surface area contributed by atoms with Crippen molar-refractivity contribution in [3.8, 4) is 17.4 Å². The van der Waals surface area contributed by atoms with Crippen LogP contribution in [0.4, 0.5) is 5.69 Å². The van der Waals surface area contributed by atoms with Crippen molar-refractivity contribution >= 4 is 38.4 Å². The molecule has 1 N–H and O–H groups in total. The van der Waals surface area contributed by atoms with Crippen LogP contribution in [0.15, 0.2) is 57.2 Å². The number of hydrogen-bond acceptors (Lipinski definition) is 5. The van der Waals surface area contributed by atoms with Gasteiger partial charge in [0.15, 0.2) is 17.2 Å². The Bertz CT molecular complexity index is 1080. The van der Waals surface area contributed by atoms with E-state index in [1.54, 1.807) is 22.8 Å². The van der Waals surface area contributed by atoms with Crippen LogP contribution in [0, 0.1) is 0 Å². The number of fused-ring (bicyclic) bond motifs is 2. The SMILES string of the molecule is CCCn1c(O)c(N=NC(=O)[C@@H]2COc3ccccc3O2)c2cc(Br)ccc21. The first-order chi connectivity index (χ1) is 13.6. The number of para-hydroxylation sites is 2. The van der Waals surface area contributed by atoms with E-state index in [9.17, 15) is 9.90 Å². The molecule has 0 radical (unpaired) electrons. The summed E-state index contributed by atoms with van der Waals surface area (Å²) in [5, 5.41) is 19.2. The highest BCUT2D eigenvalue weighted by Crippen LogP contribution is 2.40. The van der Waals surface area contributed by atoms with Gasteiger partial charge in [-0.2, -0.15) is 0 Å². The van der Waals surface area contributed by atoms with Crippen LogP contribution in [-0.2, 0) is 11.3 Å². The van der Waals surface area contributed by atoms with Crippen LogP contribution >= 0.6 is 15.9 Å². The summed E-state index contributed by atoms with van der Waals surface area (Å²) < 4.78 is 13.8. The maximum absolute atomic E-state index is 12.5. The van der Waals surface area contributed by atoms with Gasteiger partial charge in [-0.25, -0.2) is 0 Å². The summed E-state index contributed by atoms with van der Waals surface area (Å²) in [7, 11) is 0. The molecule has 0 unspecified atom stereocenters. The van der Waals surface area contributed by atoms with E-state index >= 15 is 0 Å². The van der Waals surface area contributed by atoms with E-state index < -0.39 is 12.0 Å². The number of hydrogen-bond donors (Lipinski definition) is 1. The van der Waals surface area contributed by atoms with Crippen molar-refractivity contribution in [1.82, 2.24) is 4.57 Å². The highest BCUT2D eigenvalue weighted by molar-refractivity contribution is 9.10. The summed E-state index contributed by atoms with van der Waals surface area (Å²) in [6.45, 7) is 2.71. The number of rotatable bonds is 4. The summed E-state index contributed by atoms with van der Waals surface area (Å²) in [6.07, 6.45) is -0.0354. The normalized spacial score (nSPS) is 16.0. The Hall–Kier alpha value is -2.87. The van der Waals surface area contributed by atoms with Gasteiger partial charge < -0.3 is 19.1 Å². The maximum Gasteiger partial charge on any atom is 0.308 e. The lowest BCUT2D eigenvalue weighted by Gasteiger charge is -2.23. The molecule has 0 saturated heterocycles. The number of nitrogens with zero attached hydrogens (tertiary/aromatic N) is 3. The zero-order chi connectivity index (χ0) is 19.7. The van der Waals surface area contributed by atoms with Crippen LogP contribution in [-0.4, -0.2) is 28.3 Å². The van der Waals surface area contributed by atoms with Gasteiger partial charge in [0.2, 0.25) is 12.0 Å². The Balaban J connectivity index is 1.63. The van der Waals surface area contributed by atoms with E-state index in [-0.39, 0.29) is 18.2 Å². The molecule has 1 amide bonds. The van der Waals surface area contributed by atoms with Crippen molar-refractivity contribution in [2.75, 3.05) is 6.61 Å². The molecular formula is C20H18BrN3O4. The Morgan fingerprint density at radius 3 is 2.86 bits per heavy atom. The highest BCUT2D eigenvalue weighted by Gasteiger charge is 2.27. The van der Waals surface area contributed by atoms with Gasteiger partial charge >= 0.3 is 5.91 Å². The van der Waals surface area contributed by atoms with Crippen LogP contribution < -0.4 is 9.47 Å². The Kier molecular flexibility index (Phi) is 5.04. The van der Waals surface area contributed by atoms with Gasteiger partial charge in [0, 0.05) is 16.4 Å². The molecule has 1 aliphatic heterocycles. The molecule has 0 spiro atoms. The van der Waals surface area contributed by atoms with E-state index in [0.717, 1.165) is 16.4 Å². The minimum absolute atomic E-state index is 0.0161. The summed E-state index contributed by atoms with van der Waals surface area (Å²) in [6, 6.07) is 12.8. The van der Waals surface area contributed by atoms with E-state index in [1.807, 2.05) is 31.2 Å². The number of aryl methyl sites for hydroxylation is 1. The molecule has 1 atom stereocenters. The lowest BCUT2D eigenvalue weighted by molar-refractivity contribution is -0.127. The monoisotopic (exact) mass is 443 g/mol. The molecule has 0 fully saturated rings. The molecule has 4 rings (SSSR count). The van der Waals surface area contributed by atoms with Crippen LogP contribution in [0.1, 0.15) is 13.3 Å². The Morgan fingerprint density at radius 2 is 2.07 bits per heavy atom. The van der Waals surface area contributed by atoms with Crippen molar-refractivity contribution in [3.05, 3.63) is 46.9 Å². The number of ether oxygens (including phenoxy) is 2. The maximum atomic E-state index is 12.5. The second kappa shape index (κ2) is 7.63. The van der Waals surface area contributed by atoms with Crippen LogP contribution in [0.3, 0.4) is 0 Å². The van der Waals surface area contributed by atoms with Crippen molar-refractivity contribution in [2.24, 2.45) is 10.2 Å². The number of aromatic hydroxyl groups is 1. The summed E-state index contributed by atoms with van der Waals surface area (Å²) >= 11 is 3.43. The molecule has 0 bridgehead atoms. The number of amides is 1. The average molecular weight is 444 g/mol. The van der Waals surface area contributed by atoms with Crippen molar-refractivity contribution < 1.29 is 19.4 Å². The van der Waals surface area contributed by atoms with Gasteiger partial charge in [0.1, 0.15) is 6.61 Å². The van der Waals surface area contributed by atoms with E-state index in [4.69, 9.17) is 9.47 Å². The van der Waals surface area contributed by atoms with Crippen molar-refractivity contribution in [1.29, 1.82) is 0 Å². The molecule has 7 nitrogen and oxygen atoms in total. The van der Waals surface area contributed by atoms with Gasteiger partial charge in [-0.05, 0) is 36.8 Å². The Morgan fingerprint density at radius 1 is 1.29 bits per heavy atom. The van der Waals surface area contributed by atoms with E-state index in [1.165, 1.54) is 0 Å². The molecule has 0 saturated carbocycles. The number of aromatic nitrogens is 1. The molecule has 3 aromatic rings. The number of benzene rings is 2. The van der Waals surface area contributed by atoms with Crippen LogP contribution in [0.2, 0.25) is 0 Å². The summed E-state index contributed by atoms with van der Waals surface area (Å²) in [5.74, 6) is 0.500. The minimum atomic E-state index is -0.878. The number of halogens is 1. The lowest BCUT2D eigenvalue weighted by Crippen LogP contribution is -2.35. The van der Waals surface area contributed by atoms with Crippen LogP contribution in [0.5, 0.6) is 17.4 Å². The zero-order valence-electron chi connectivity index (χ0n) is 15.1. The largest absolute Gasteiger partial charge is 0.493 e. The zero-order valence-corrected chi connectivity index (χ0v) is 16.7. The first-order valence-electron chi connectivity index (χ1n) is 8.93. The van der Waals surface area contributed by atoms with Gasteiger partial charge in [0.25, 0.3) is 0 Å². The first kappa shape index (κ1) is 18.5. The molecular weight excluding hydrogens is 426 g/mol. The van der Waals surface area contributed by atoms with Crippen LogP contribution in [0.25, 0.3) is 10.9 Å². The number of carbonyl (C=O) groups excluding carboxylic acids is 1. The summed E-state index contributed by atoms with van der Waals surface area (Å²) in [5.41, 5.74) is 1.09. The molecule has 2 heterocycles. The Labute approximate surface area is 169 Å². The van der Waals surface area contributed by atoms with Crippen molar-refractivity contribution in [3.63, 3.8) is 0 Å². The molecule has 0 aliphatic carbocycles. The van der Waals surface area contributed by atoms with Crippen molar-refractivity contribution in [2.45, 2.75) is 26.0 Å². The van der Waals surface area contributed by atoms with Gasteiger partial charge in [-0.3, -0.25) is 4.79 Å². The number of azo groups is 1. The van der Waals surface area contributed by atoms with Gasteiger partial charge in [0.05, 0.1) is 5.52 Å². The molecule has 28 heavy (non-hydrogen) atoms. The topological polar surface area (TPSA) is 85.4 Å². The lowest BCUT2D eigenvalue weighted by atomic mass is 10.2. The smallest absolute Gasteiger partial charge is 0.308 e. The number of carbonyl (C=O) groups is 1. The van der Waals surface area contributed by atoms with Gasteiger partial charge in [-0.15, -0.1) is 10.2 Å². The molecule has 1 aromatic heterocycles. The third-order valence-electron chi connectivity index (χ3n) is 4.45. The fourth-order valence-corrected chi connectivity index (χ4v) is 3.51. The molecule has 8 heteroatoms. The average Bonchev–Trinajstić information content (AvgIpc) is 2.96. The second-order valence-electron chi connectivity index (χ2n) is 6.39. The molecule has 2 aromatic carbocycles. The van der Waals surface area contributed by atoms with E-state index in [0.29, 0.717) is 23.4 Å². The summed E-state index contributed by atoms with van der Waals surface area (Å²) in [4.78, 5) is 12.5. The fourth-order valence-electron chi connectivity index (χ4n) is 3.15. The van der Waals surface area contributed by atoms with E-state index in [2.05, 4.69) is 26.2 Å². The third kappa shape index (κ3) is 3.35. The third-order valence-corrected chi connectivity index (χ3v) is 4.95. The first-order valence-corrected chi connectivity index (χ1v) is 9.72. The standard InChI is InChI=1S/C20H18BrN3O4/c1-2-9-24-14-8-7-12(21)10-13(14)18(20(24)26)22-23-19(25)17-11-27-15-5-3-4-6-16(15)28-17/h3-8,10,17,26H,2,9,11H2,1H3/t17-/m0/s1. The minimum Gasteiger partial charge on any atom is -0.493 e.